The van der Waals surface area contributed by atoms with Crippen LogP contribution >= 0.6 is 0 Å². The monoisotopic (exact) mass is 301 g/mol. The summed E-state index contributed by atoms with van der Waals surface area (Å²) in [5.74, 6) is -1.15. The van der Waals surface area contributed by atoms with Gasteiger partial charge in [0.25, 0.3) is 0 Å². The van der Waals surface area contributed by atoms with E-state index in [9.17, 15) is 18.0 Å². The molecule has 0 radical (unpaired) electrons. The summed E-state index contributed by atoms with van der Waals surface area (Å²) in [6, 6.07) is 3.66. The molecule has 20 heavy (non-hydrogen) atoms. The summed E-state index contributed by atoms with van der Waals surface area (Å²) in [5.41, 5.74) is 0.200. The van der Waals surface area contributed by atoms with Crippen molar-refractivity contribution >= 4 is 27.7 Å². The second kappa shape index (κ2) is 5.88. The Labute approximate surface area is 116 Å². The summed E-state index contributed by atoms with van der Waals surface area (Å²) in [6.07, 6.45) is 0. The van der Waals surface area contributed by atoms with Crippen LogP contribution in [-0.4, -0.2) is 43.5 Å². The van der Waals surface area contributed by atoms with Gasteiger partial charge in [0.1, 0.15) is 6.04 Å². The summed E-state index contributed by atoms with van der Waals surface area (Å²) in [5, 5.41) is 16.2. The Kier molecular flexibility index (Phi) is 4.69. The molecule has 2 amide bonds. The van der Waals surface area contributed by atoms with Crippen LogP contribution in [0.2, 0.25) is 0 Å². The van der Waals surface area contributed by atoms with E-state index in [2.05, 4.69) is 5.32 Å². The number of primary sulfonamides is 1. The van der Waals surface area contributed by atoms with Crippen LogP contribution in [0.25, 0.3) is 0 Å². The number of rotatable bonds is 4. The molecule has 0 heterocycles. The highest BCUT2D eigenvalue weighted by Gasteiger charge is 2.21. The van der Waals surface area contributed by atoms with Crippen molar-refractivity contribution in [1.29, 1.82) is 0 Å². The van der Waals surface area contributed by atoms with E-state index in [0.717, 1.165) is 4.90 Å². The first-order valence-electron chi connectivity index (χ1n) is 5.52. The highest BCUT2D eigenvalue weighted by atomic mass is 32.2. The molecular weight excluding hydrogens is 286 g/mol. The number of nitrogens with one attached hydrogen (secondary N) is 1. The number of carboxylic acid groups (broad SMARTS) is 1. The number of hydrogen-bond donors (Lipinski definition) is 3. The molecule has 0 aliphatic rings. The molecule has 1 aromatic carbocycles. The van der Waals surface area contributed by atoms with Gasteiger partial charge in [0.15, 0.2) is 0 Å². The highest BCUT2D eigenvalue weighted by Crippen LogP contribution is 2.14. The lowest BCUT2D eigenvalue weighted by atomic mass is 10.3. The van der Waals surface area contributed by atoms with Crippen LogP contribution in [-0.2, 0) is 14.8 Å². The SMILES string of the molecule is CC(C(=O)O)N(C)C(=O)Nc1cccc(S(N)(=O)=O)c1. The van der Waals surface area contributed by atoms with Crippen molar-refractivity contribution in [3.63, 3.8) is 0 Å². The van der Waals surface area contributed by atoms with Crippen molar-refractivity contribution < 1.29 is 23.1 Å². The number of hydrogen-bond acceptors (Lipinski definition) is 4. The van der Waals surface area contributed by atoms with E-state index >= 15 is 0 Å². The van der Waals surface area contributed by atoms with Gasteiger partial charge in [-0.2, -0.15) is 0 Å². The maximum atomic E-state index is 11.8. The van der Waals surface area contributed by atoms with Crippen molar-refractivity contribution in [1.82, 2.24) is 4.90 Å². The zero-order chi connectivity index (χ0) is 15.5. The van der Waals surface area contributed by atoms with Crippen molar-refractivity contribution in [3.05, 3.63) is 24.3 Å². The Bertz CT molecular complexity index is 629. The molecule has 0 aromatic heterocycles. The number of anilines is 1. The molecule has 1 rings (SSSR count). The lowest BCUT2D eigenvalue weighted by molar-refractivity contribution is -0.141. The van der Waals surface area contributed by atoms with Crippen molar-refractivity contribution in [2.24, 2.45) is 5.14 Å². The Morgan fingerprint density at radius 3 is 2.50 bits per heavy atom. The fraction of sp³-hybridized carbons (Fsp3) is 0.273. The summed E-state index contributed by atoms with van der Waals surface area (Å²) in [4.78, 5) is 23.4. The predicted molar refractivity (Wildman–Crippen MR) is 71.7 cm³/mol. The van der Waals surface area contributed by atoms with E-state index in [1.54, 1.807) is 0 Å². The van der Waals surface area contributed by atoms with Crippen LogP contribution in [0, 0.1) is 0 Å². The van der Waals surface area contributed by atoms with Crippen molar-refractivity contribution in [2.75, 3.05) is 12.4 Å². The van der Waals surface area contributed by atoms with Gasteiger partial charge in [0.05, 0.1) is 4.90 Å². The first-order chi connectivity index (χ1) is 9.12. The van der Waals surface area contributed by atoms with Crippen molar-refractivity contribution in [3.8, 4) is 0 Å². The maximum Gasteiger partial charge on any atom is 0.326 e. The first kappa shape index (κ1) is 15.9. The van der Waals surface area contributed by atoms with E-state index in [-0.39, 0.29) is 10.6 Å². The number of benzene rings is 1. The van der Waals surface area contributed by atoms with Gasteiger partial charge in [-0.15, -0.1) is 0 Å². The molecule has 0 aliphatic heterocycles. The van der Waals surface area contributed by atoms with Crippen LogP contribution < -0.4 is 10.5 Å². The third kappa shape index (κ3) is 3.93. The summed E-state index contributed by atoms with van der Waals surface area (Å²) in [7, 11) is -2.55. The van der Waals surface area contributed by atoms with Gasteiger partial charge in [-0.1, -0.05) is 6.07 Å². The topological polar surface area (TPSA) is 130 Å². The lowest BCUT2D eigenvalue weighted by Crippen LogP contribution is -2.42. The fourth-order valence-electron chi connectivity index (χ4n) is 1.30. The first-order valence-corrected chi connectivity index (χ1v) is 7.07. The summed E-state index contributed by atoms with van der Waals surface area (Å²) in [6.45, 7) is 1.35. The normalized spacial score (nSPS) is 12.6. The number of aliphatic carboxylic acids is 1. The molecule has 9 heteroatoms. The molecule has 4 N–H and O–H groups in total. The van der Waals surface area contributed by atoms with Gasteiger partial charge < -0.3 is 15.3 Å². The largest absolute Gasteiger partial charge is 0.480 e. The number of likely N-dealkylation sites (N-methyl/N-ethyl adjacent to an activating group) is 1. The van der Waals surface area contributed by atoms with Crippen molar-refractivity contribution in [2.45, 2.75) is 17.9 Å². The number of urea groups is 1. The van der Waals surface area contributed by atoms with Gasteiger partial charge in [-0.05, 0) is 25.1 Å². The van der Waals surface area contributed by atoms with Crippen LogP contribution in [0.5, 0.6) is 0 Å². The molecule has 8 nitrogen and oxygen atoms in total. The fourth-order valence-corrected chi connectivity index (χ4v) is 1.86. The molecule has 1 aromatic rings. The second-order valence-corrected chi connectivity index (χ2v) is 5.69. The number of nitrogens with two attached hydrogens (primary N) is 1. The minimum absolute atomic E-state index is 0.149. The van der Waals surface area contributed by atoms with Gasteiger partial charge in [0.2, 0.25) is 10.0 Å². The standard InChI is InChI=1S/C11H15N3O5S/c1-7(10(15)16)14(2)11(17)13-8-4-3-5-9(6-8)20(12,18)19/h3-7H,1-2H3,(H,13,17)(H,15,16)(H2,12,18,19). The van der Waals surface area contributed by atoms with Crippen LogP contribution in [0.1, 0.15) is 6.92 Å². The maximum absolute atomic E-state index is 11.8. The van der Waals surface area contributed by atoms with Gasteiger partial charge in [-0.25, -0.2) is 23.1 Å². The van der Waals surface area contributed by atoms with Crippen LogP contribution in [0.15, 0.2) is 29.2 Å². The molecule has 0 saturated heterocycles. The van der Waals surface area contributed by atoms with E-state index < -0.39 is 28.1 Å². The molecule has 110 valence electrons. The molecule has 0 aliphatic carbocycles. The zero-order valence-corrected chi connectivity index (χ0v) is 11.7. The molecule has 0 saturated carbocycles. The molecule has 1 unspecified atom stereocenters. The smallest absolute Gasteiger partial charge is 0.326 e. The highest BCUT2D eigenvalue weighted by molar-refractivity contribution is 7.89. The Morgan fingerprint density at radius 1 is 1.40 bits per heavy atom. The van der Waals surface area contributed by atoms with Crippen LogP contribution in [0.3, 0.4) is 0 Å². The average Bonchev–Trinajstić information content (AvgIpc) is 2.36. The number of carbonyl (C=O) groups excluding carboxylic acids is 1. The zero-order valence-electron chi connectivity index (χ0n) is 10.9. The molecule has 1 atom stereocenters. The number of carboxylic acids is 1. The van der Waals surface area contributed by atoms with Gasteiger partial charge >= 0.3 is 12.0 Å². The Hall–Kier alpha value is -2.13. The van der Waals surface area contributed by atoms with E-state index in [1.165, 1.54) is 38.2 Å². The number of amides is 2. The number of sulfonamides is 1. The Morgan fingerprint density at radius 2 is 2.00 bits per heavy atom. The quantitative estimate of drug-likeness (QED) is 0.735. The minimum Gasteiger partial charge on any atom is -0.480 e. The van der Waals surface area contributed by atoms with Crippen LogP contribution in [0.4, 0.5) is 10.5 Å². The molecule has 0 spiro atoms. The summed E-state index contributed by atoms with van der Waals surface area (Å²) >= 11 is 0. The lowest BCUT2D eigenvalue weighted by Gasteiger charge is -2.21. The van der Waals surface area contributed by atoms with Gasteiger partial charge in [-0.3, -0.25) is 0 Å². The third-order valence-electron chi connectivity index (χ3n) is 2.67. The number of carbonyl (C=O) groups is 2. The van der Waals surface area contributed by atoms with Gasteiger partial charge in [0, 0.05) is 12.7 Å². The second-order valence-electron chi connectivity index (χ2n) is 4.13. The third-order valence-corrected chi connectivity index (χ3v) is 3.58. The van der Waals surface area contributed by atoms with E-state index in [1.807, 2.05) is 0 Å². The minimum atomic E-state index is -3.87. The Balaban J connectivity index is 2.89. The average molecular weight is 301 g/mol. The molecular formula is C11H15N3O5S. The predicted octanol–water partition coefficient (Wildman–Crippen LogP) is 0.271. The van der Waals surface area contributed by atoms with E-state index in [4.69, 9.17) is 10.2 Å². The van der Waals surface area contributed by atoms with E-state index in [0.29, 0.717) is 0 Å². The summed E-state index contributed by atoms with van der Waals surface area (Å²) < 4.78 is 22.4. The molecule has 0 bridgehead atoms. The number of nitrogens with zero attached hydrogens (tertiary/aromatic N) is 1. The molecule has 0 fully saturated rings.